The number of nitrogens with zero attached hydrogens (tertiary/aromatic N) is 2. The first kappa shape index (κ1) is 14.9. The van der Waals surface area contributed by atoms with Crippen molar-refractivity contribution in [3.05, 3.63) is 47.3 Å². The molecule has 0 aliphatic carbocycles. The Kier molecular flexibility index (Phi) is 4.72. The summed E-state index contributed by atoms with van der Waals surface area (Å²) in [4.78, 5) is 0. The minimum atomic E-state index is -4.31. The van der Waals surface area contributed by atoms with E-state index in [0.717, 1.165) is 48.1 Å². The molecule has 2 aromatic rings. The fourth-order valence-corrected chi connectivity index (χ4v) is 2.29. The van der Waals surface area contributed by atoms with Crippen molar-refractivity contribution in [2.24, 2.45) is 0 Å². The summed E-state index contributed by atoms with van der Waals surface area (Å²) in [5.41, 5.74) is 0.828. The molecule has 108 valence electrons. The van der Waals surface area contributed by atoms with Crippen molar-refractivity contribution >= 4 is 11.7 Å². The first-order valence-electron chi connectivity index (χ1n) is 6.20. The molecule has 1 N–H and O–H groups in total. The van der Waals surface area contributed by atoms with E-state index in [9.17, 15) is 13.2 Å². The Hall–Kier alpha value is -1.47. The average Bonchev–Trinajstić information content (AvgIpc) is 2.93. The van der Waals surface area contributed by atoms with Crippen LogP contribution in [-0.4, -0.2) is 15.3 Å². The fourth-order valence-electron chi connectivity index (χ4n) is 1.85. The molecule has 3 nitrogen and oxygen atoms in total. The number of benzene rings is 1. The number of alkyl halides is 3. The zero-order valence-corrected chi connectivity index (χ0v) is 11.6. The molecule has 0 aliphatic heterocycles. The summed E-state index contributed by atoms with van der Waals surface area (Å²) in [7, 11) is 0. The van der Waals surface area contributed by atoms with Crippen LogP contribution < -0.4 is 5.32 Å². The molecule has 0 fully saturated rings. The van der Waals surface area contributed by atoms with E-state index in [1.54, 1.807) is 6.20 Å². The molecule has 20 heavy (non-hydrogen) atoms. The molecule has 0 saturated heterocycles. The Morgan fingerprint density at radius 1 is 1.25 bits per heavy atom. The smallest absolute Gasteiger partial charge is 0.305 e. The number of halogens is 3. The van der Waals surface area contributed by atoms with Crippen LogP contribution in [0.1, 0.15) is 36.2 Å². The molecule has 0 radical (unpaired) electrons. The highest BCUT2D eigenvalue weighted by Gasteiger charge is 2.30. The molecule has 1 aromatic heterocycles. The van der Waals surface area contributed by atoms with E-state index in [0.29, 0.717) is 0 Å². The zero-order valence-electron chi connectivity index (χ0n) is 10.8. The largest absolute Gasteiger partial charge is 0.416 e. The predicted octanol–water partition coefficient (Wildman–Crippen LogP) is 3.65. The van der Waals surface area contributed by atoms with Crippen LogP contribution in [0.4, 0.5) is 13.2 Å². The van der Waals surface area contributed by atoms with Crippen LogP contribution in [0.15, 0.2) is 30.5 Å². The van der Waals surface area contributed by atoms with Crippen molar-refractivity contribution in [3.63, 3.8) is 0 Å². The molecule has 7 heteroatoms. The quantitative estimate of drug-likeness (QED) is 0.916. The standard InChI is InChI=1S/C13H14F3N3S/c1-2-7-17-12(11-8-18-20-19-11)9-3-5-10(6-4-9)13(14,15)16/h3-6,8,12,17H,2,7H2,1H3. The lowest BCUT2D eigenvalue weighted by molar-refractivity contribution is -0.137. The molecule has 1 aromatic carbocycles. The van der Waals surface area contributed by atoms with Crippen LogP contribution in [0.25, 0.3) is 0 Å². The van der Waals surface area contributed by atoms with Gasteiger partial charge < -0.3 is 5.32 Å². The van der Waals surface area contributed by atoms with Crippen molar-refractivity contribution in [3.8, 4) is 0 Å². The van der Waals surface area contributed by atoms with Gasteiger partial charge in [0.15, 0.2) is 0 Å². The number of hydrogen-bond donors (Lipinski definition) is 1. The molecule has 0 saturated carbocycles. The van der Waals surface area contributed by atoms with Crippen molar-refractivity contribution in [1.29, 1.82) is 0 Å². The molecular weight excluding hydrogens is 287 g/mol. The van der Waals surface area contributed by atoms with Gasteiger partial charge >= 0.3 is 6.18 Å². The second-order valence-corrected chi connectivity index (χ2v) is 4.90. The first-order chi connectivity index (χ1) is 9.52. The van der Waals surface area contributed by atoms with Crippen molar-refractivity contribution < 1.29 is 13.2 Å². The lowest BCUT2D eigenvalue weighted by atomic mass is 10.0. The van der Waals surface area contributed by atoms with Crippen LogP contribution in [0.2, 0.25) is 0 Å². The summed E-state index contributed by atoms with van der Waals surface area (Å²) in [5.74, 6) is 0. The normalized spacial score (nSPS) is 13.4. The van der Waals surface area contributed by atoms with Gasteiger partial charge in [-0.1, -0.05) is 19.1 Å². The van der Waals surface area contributed by atoms with E-state index in [-0.39, 0.29) is 6.04 Å². The van der Waals surface area contributed by atoms with E-state index >= 15 is 0 Å². The third-order valence-corrected chi connectivity index (χ3v) is 3.34. The first-order valence-corrected chi connectivity index (χ1v) is 6.93. The molecule has 1 atom stereocenters. The maximum atomic E-state index is 12.6. The summed E-state index contributed by atoms with van der Waals surface area (Å²) in [6.45, 7) is 2.78. The summed E-state index contributed by atoms with van der Waals surface area (Å²) in [6, 6.07) is 4.92. The Morgan fingerprint density at radius 3 is 2.45 bits per heavy atom. The minimum Gasteiger partial charge on any atom is -0.305 e. The predicted molar refractivity (Wildman–Crippen MR) is 71.5 cm³/mol. The topological polar surface area (TPSA) is 37.8 Å². The molecular formula is C13H14F3N3S. The molecule has 1 heterocycles. The minimum absolute atomic E-state index is 0.226. The Balaban J connectivity index is 2.25. The second-order valence-electron chi connectivity index (χ2n) is 4.34. The summed E-state index contributed by atoms with van der Waals surface area (Å²) in [6.07, 6.45) is -1.75. The van der Waals surface area contributed by atoms with Crippen LogP contribution in [0.5, 0.6) is 0 Å². The van der Waals surface area contributed by atoms with Gasteiger partial charge in [-0.15, -0.1) is 0 Å². The summed E-state index contributed by atoms with van der Waals surface area (Å²) < 4.78 is 45.8. The number of nitrogens with one attached hydrogen (secondary N) is 1. The van der Waals surface area contributed by atoms with Crippen LogP contribution >= 0.6 is 11.7 Å². The van der Waals surface area contributed by atoms with Crippen molar-refractivity contribution in [2.75, 3.05) is 6.54 Å². The van der Waals surface area contributed by atoms with Gasteiger partial charge in [0.2, 0.25) is 0 Å². The van der Waals surface area contributed by atoms with Gasteiger partial charge in [-0.3, -0.25) is 0 Å². The van der Waals surface area contributed by atoms with Gasteiger partial charge in [0.25, 0.3) is 0 Å². The molecule has 0 aliphatic rings. The molecule has 2 rings (SSSR count). The fraction of sp³-hybridized carbons (Fsp3) is 0.385. The van der Waals surface area contributed by atoms with Gasteiger partial charge in [-0.05, 0) is 30.7 Å². The highest BCUT2D eigenvalue weighted by Crippen LogP contribution is 2.30. The maximum absolute atomic E-state index is 12.6. The van der Waals surface area contributed by atoms with Crippen molar-refractivity contribution in [1.82, 2.24) is 14.1 Å². The van der Waals surface area contributed by atoms with Gasteiger partial charge in [-0.25, -0.2) is 0 Å². The SMILES string of the molecule is CCCNC(c1ccc(C(F)(F)F)cc1)c1cnsn1. The van der Waals surface area contributed by atoms with Gasteiger partial charge in [0.05, 0.1) is 35.2 Å². The van der Waals surface area contributed by atoms with Crippen LogP contribution in [-0.2, 0) is 6.18 Å². The monoisotopic (exact) mass is 301 g/mol. The van der Waals surface area contributed by atoms with E-state index in [2.05, 4.69) is 14.1 Å². The highest BCUT2D eigenvalue weighted by atomic mass is 32.1. The van der Waals surface area contributed by atoms with Crippen LogP contribution in [0, 0.1) is 0 Å². The molecule has 0 spiro atoms. The highest BCUT2D eigenvalue weighted by molar-refractivity contribution is 6.99. The van der Waals surface area contributed by atoms with Crippen molar-refractivity contribution in [2.45, 2.75) is 25.6 Å². The molecule has 0 bridgehead atoms. The summed E-state index contributed by atoms with van der Waals surface area (Å²) in [5, 5.41) is 3.27. The number of aromatic nitrogens is 2. The van der Waals surface area contributed by atoms with E-state index in [1.165, 1.54) is 12.1 Å². The Labute approximate surface area is 119 Å². The summed E-state index contributed by atoms with van der Waals surface area (Å²) >= 11 is 1.08. The van der Waals surface area contributed by atoms with Crippen LogP contribution in [0.3, 0.4) is 0 Å². The zero-order chi connectivity index (χ0) is 14.6. The lowest BCUT2D eigenvalue weighted by Gasteiger charge is -2.17. The third kappa shape index (κ3) is 3.55. The maximum Gasteiger partial charge on any atom is 0.416 e. The number of hydrogen-bond acceptors (Lipinski definition) is 4. The van der Waals surface area contributed by atoms with E-state index in [1.807, 2.05) is 6.92 Å². The average molecular weight is 301 g/mol. The molecule has 0 amide bonds. The van der Waals surface area contributed by atoms with E-state index in [4.69, 9.17) is 0 Å². The Bertz CT molecular complexity index is 523. The van der Waals surface area contributed by atoms with Gasteiger partial charge in [-0.2, -0.15) is 21.9 Å². The van der Waals surface area contributed by atoms with Gasteiger partial charge in [0, 0.05) is 0 Å². The van der Waals surface area contributed by atoms with E-state index < -0.39 is 11.7 Å². The third-order valence-electron chi connectivity index (χ3n) is 2.84. The molecule has 1 unspecified atom stereocenters. The lowest BCUT2D eigenvalue weighted by Crippen LogP contribution is -2.23. The Morgan fingerprint density at radius 2 is 1.95 bits per heavy atom. The number of rotatable bonds is 5. The second kappa shape index (κ2) is 6.32. The van der Waals surface area contributed by atoms with Gasteiger partial charge in [0.1, 0.15) is 0 Å².